The third-order valence-corrected chi connectivity index (χ3v) is 5.08. The number of methoxy groups -OCH3 is 1. The summed E-state index contributed by atoms with van der Waals surface area (Å²) in [7, 11) is 1.63. The van der Waals surface area contributed by atoms with Crippen LogP contribution in [0.4, 0.5) is 0 Å². The number of carbonyl (C=O) groups is 1. The van der Waals surface area contributed by atoms with E-state index in [4.69, 9.17) is 4.74 Å². The zero-order valence-electron chi connectivity index (χ0n) is 12.7. The van der Waals surface area contributed by atoms with E-state index in [0.717, 1.165) is 22.3 Å². The SMILES string of the molecule is COc1ccc(Br)cc1C=CC(=O)NC1CN2CCC1CC2. The van der Waals surface area contributed by atoms with E-state index in [1.54, 1.807) is 19.3 Å². The van der Waals surface area contributed by atoms with Gasteiger partial charge in [0, 0.05) is 28.7 Å². The maximum Gasteiger partial charge on any atom is 0.244 e. The van der Waals surface area contributed by atoms with E-state index in [-0.39, 0.29) is 5.91 Å². The molecule has 0 spiro atoms. The maximum atomic E-state index is 12.2. The van der Waals surface area contributed by atoms with Crippen molar-refractivity contribution in [1.82, 2.24) is 10.2 Å². The molecule has 0 radical (unpaired) electrons. The Kier molecular flexibility index (Phi) is 4.84. The fourth-order valence-corrected chi connectivity index (χ4v) is 3.74. The number of nitrogens with zero attached hydrogens (tertiary/aromatic N) is 1. The number of benzene rings is 1. The van der Waals surface area contributed by atoms with Gasteiger partial charge < -0.3 is 15.0 Å². The standard InChI is InChI=1S/C17H21BrN2O2/c1-22-16-4-3-14(18)10-13(16)2-5-17(21)19-15-11-20-8-6-12(15)7-9-20/h2-5,10,12,15H,6-9,11H2,1H3,(H,19,21). The first-order valence-electron chi connectivity index (χ1n) is 7.70. The van der Waals surface area contributed by atoms with Gasteiger partial charge >= 0.3 is 0 Å². The van der Waals surface area contributed by atoms with Gasteiger partial charge in [-0.25, -0.2) is 0 Å². The van der Waals surface area contributed by atoms with Crippen LogP contribution in [0.5, 0.6) is 5.75 Å². The number of fused-ring (bicyclic) bond motifs is 3. The molecule has 22 heavy (non-hydrogen) atoms. The molecule has 3 aliphatic rings. The molecular formula is C17H21BrN2O2. The van der Waals surface area contributed by atoms with Crippen LogP contribution in [0.2, 0.25) is 0 Å². The minimum absolute atomic E-state index is 0.0271. The van der Waals surface area contributed by atoms with Crippen LogP contribution in [-0.2, 0) is 4.79 Å². The number of hydrogen-bond donors (Lipinski definition) is 1. The third kappa shape index (κ3) is 3.52. The molecule has 3 heterocycles. The Morgan fingerprint density at radius 2 is 2.18 bits per heavy atom. The minimum Gasteiger partial charge on any atom is -0.496 e. The summed E-state index contributed by atoms with van der Waals surface area (Å²) in [6, 6.07) is 6.04. The molecule has 0 aromatic heterocycles. The summed E-state index contributed by atoms with van der Waals surface area (Å²) in [5.41, 5.74) is 0.890. The summed E-state index contributed by atoms with van der Waals surface area (Å²) >= 11 is 3.44. The van der Waals surface area contributed by atoms with E-state index in [9.17, 15) is 4.79 Å². The fraction of sp³-hybridized carbons (Fsp3) is 0.471. The molecule has 1 unspecified atom stereocenters. The second-order valence-corrected chi connectivity index (χ2v) is 6.89. The molecular weight excluding hydrogens is 344 g/mol. The van der Waals surface area contributed by atoms with Gasteiger partial charge in [-0.15, -0.1) is 0 Å². The molecule has 1 amide bonds. The molecule has 5 heteroatoms. The summed E-state index contributed by atoms with van der Waals surface area (Å²) in [6.07, 6.45) is 5.81. The largest absolute Gasteiger partial charge is 0.496 e. The highest BCUT2D eigenvalue weighted by molar-refractivity contribution is 9.10. The van der Waals surface area contributed by atoms with Crippen molar-refractivity contribution in [2.75, 3.05) is 26.7 Å². The molecule has 3 fully saturated rings. The second kappa shape index (κ2) is 6.84. The third-order valence-electron chi connectivity index (χ3n) is 4.59. The Morgan fingerprint density at radius 1 is 1.41 bits per heavy atom. The quantitative estimate of drug-likeness (QED) is 0.835. The van der Waals surface area contributed by atoms with Crippen LogP contribution in [0.3, 0.4) is 0 Å². The van der Waals surface area contributed by atoms with E-state index in [1.165, 1.54) is 25.9 Å². The maximum absolute atomic E-state index is 12.2. The molecule has 1 aromatic carbocycles. The van der Waals surface area contributed by atoms with Gasteiger partial charge in [0.05, 0.1) is 7.11 Å². The molecule has 0 saturated carbocycles. The number of hydrogen-bond acceptors (Lipinski definition) is 3. The van der Waals surface area contributed by atoms with E-state index in [1.807, 2.05) is 18.2 Å². The lowest BCUT2D eigenvalue weighted by atomic mass is 9.84. The molecule has 0 aliphatic carbocycles. The predicted molar refractivity (Wildman–Crippen MR) is 90.8 cm³/mol. The van der Waals surface area contributed by atoms with E-state index >= 15 is 0 Å². The second-order valence-electron chi connectivity index (χ2n) is 5.97. The van der Waals surface area contributed by atoms with E-state index in [0.29, 0.717) is 12.0 Å². The van der Waals surface area contributed by atoms with Crippen molar-refractivity contribution in [1.29, 1.82) is 0 Å². The van der Waals surface area contributed by atoms with Gasteiger partial charge in [0.1, 0.15) is 5.75 Å². The van der Waals surface area contributed by atoms with Crippen LogP contribution in [0.15, 0.2) is 28.7 Å². The number of piperidine rings is 3. The van der Waals surface area contributed by atoms with Crippen LogP contribution < -0.4 is 10.1 Å². The number of halogens is 1. The fourth-order valence-electron chi connectivity index (χ4n) is 3.36. The number of carbonyl (C=O) groups excluding carboxylic acids is 1. The van der Waals surface area contributed by atoms with Crippen LogP contribution >= 0.6 is 15.9 Å². The van der Waals surface area contributed by atoms with Gasteiger partial charge in [-0.1, -0.05) is 15.9 Å². The highest BCUT2D eigenvalue weighted by atomic mass is 79.9. The smallest absolute Gasteiger partial charge is 0.244 e. The molecule has 4 nitrogen and oxygen atoms in total. The van der Waals surface area contributed by atoms with Crippen LogP contribution in [-0.4, -0.2) is 43.6 Å². The van der Waals surface area contributed by atoms with Crippen molar-refractivity contribution < 1.29 is 9.53 Å². The highest BCUT2D eigenvalue weighted by Crippen LogP contribution is 2.27. The number of ether oxygens (including phenoxy) is 1. The first-order chi connectivity index (χ1) is 10.7. The van der Waals surface area contributed by atoms with Crippen molar-refractivity contribution >= 4 is 27.9 Å². The number of rotatable bonds is 4. The summed E-state index contributed by atoms with van der Waals surface area (Å²) in [5, 5.41) is 3.15. The number of nitrogens with one attached hydrogen (secondary N) is 1. The monoisotopic (exact) mass is 364 g/mol. The molecule has 2 bridgehead atoms. The lowest BCUT2D eigenvalue weighted by Gasteiger charge is -2.44. The lowest BCUT2D eigenvalue weighted by molar-refractivity contribution is -0.118. The molecule has 1 aromatic rings. The van der Waals surface area contributed by atoms with Crippen LogP contribution in [0, 0.1) is 5.92 Å². The average Bonchev–Trinajstić information content (AvgIpc) is 2.54. The molecule has 4 rings (SSSR count). The highest BCUT2D eigenvalue weighted by Gasteiger charge is 2.34. The lowest BCUT2D eigenvalue weighted by Crippen LogP contribution is -2.57. The Balaban J connectivity index is 1.63. The molecule has 1 N–H and O–H groups in total. The normalized spacial score (nSPS) is 27.1. The van der Waals surface area contributed by atoms with Gasteiger partial charge in [-0.05, 0) is 56.1 Å². The Labute approximate surface area is 139 Å². The molecule has 3 saturated heterocycles. The van der Waals surface area contributed by atoms with Crippen molar-refractivity contribution in [3.63, 3.8) is 0 Å². The Morgan fingerprint density at radius 3 is 2.82 bits per heavy atom. The Hall–Kier alpha value is -1.33. The van der Waals surface area contributed by atoms with Gasteiger partial charge in [-0.3, -0.25) is 4.79 Å². The summed E-state index contributed by atoms with van der Waals surface area (Å²) in [5.74, 6) is 1.37. The van der Waals surface area contributed by atoms with Crippen molar-refractivity contribution in [2.45, 2.75) is 18.9 Å². The van der Waals surface area contributed by atoms with Crippen LogP contribution in [0.25, 0.3) is 6.08 Å². The first kappa shape index (κ1) is 15.6. The topological polar surface area (TPSA) is 41.6 Å². The van der Waals surface area contributed by atoms with E-state index in [2.05, 4.69) is 26.1 Å². The minimum atomic E-state index is -0.0271. The first-order valence-corrected chi connectivity index (χ1v) is 8.49. The zero-order chi connectivity index (χ0) is 15.5. The Bertz CT molecular complexity index is 580. The van der Waals surface area contributed by atoms with Gasteiger partial charge in [0.2, 0.25) is 5.91 Å². The van der Waals surface area contributed by atoms with E-state index < -0.39 is 0 Å². The van der Waals surface area contributed by atoms with Crippen molar-refractivity contribution in [3.05, 3.63) is 34.3 Å². The number of amides is 1. The van der Waals surface area contributed by atoms with Crippen LogP contribution in [0.1, 0.15) is 18.4 Å². The van der Waals surface area contributed by atoms with Gasteiger partial charge in [-0.2, -0.15) is 0 Å². The summed E-state index contributed by atoms with van der Waals surface area (Å²) < 4.78 is 6.28. The van der Waals surface area contributed by atoms with Gasteiger partial charge in [0.25, 0.3) is 0 Å². The van der Waals surface area contributed by atoms with Crippen molar-refractivity contribution in [2.24, 2.45) is 5.92 Å². The zero-order valence-corrected chi connectivity index (χ0v) is 14.3. The van der Waals surface area contributed by atoms with Crippen molar-refractivity contribution in [3.8, 4) is 5.75 Å². The summed E-state index contributed by atoms with van der Waals surface area (Å²) in [6.45, 7) is 3.36. The molecule has 1 atom stereocenters. The van der Waals surface area contributed by atoms with Gasteiger partial charge in [0.15, 0.2) is 0 Å². The summed E-state index contributed by atoms with van der Waals surface area (Å²) in [4.78, 5) is 14.6. The average molecular weight is 365 g/mol. The predicted octanol–water partition coefficient (Wildman–Crippen LogP) is 2.68. The molecule has 3 aliphatic heterocycles. The molecule has 118 valence electrons.